The van der Waals surface area contributed by atoms with E-state index in [1.807, 2.05) is 6.92 Å². The van der Waals surface area contributed by atoms with Crippen LogP contribution < -0.4 is 10.6 Å². The van der Waals surface area contributed by atoms with Gasteiger partial charge in [0.15, 0.2) is 0 Å². The average Bonchev–Trinajstić information content (AvgIpc) is 3.08. The predicted molar refractivity (Wildman–Crippen MR) is 64.6 cm³/mol. The number of nitrogens with one attached hydrogen (secondary N) is 2. The lowest BCUT2D eigenvalue weighted by Crippen LogP contribution is -2.41. The maximum atomic E-state index is 11.9. The normalized spacial score (nSPS) is 23.6. The number of carbonyl (C=O) groups is 3. The van der Waals surface area contributed by atoms with E-state index < -0.39 is 6.04 Å². The second-order valence-electron chi connectivity index (χ2n) is 4.75. The van der Waals surface area contributed by atoms with Crippen LogP contribution in [-0.4, -0.2) is 47.8 Å². The maximum absolute atomic E-state index is 11.9. The van der Waals surface area contributed by atoms with E-state index in [0.29, 0.717) is 19.5 Å². The molecular weight excluding hydrogens is 234 g/mol. The molecule has 6 nitrogen and oxygen atoms in total. The minimum absolute atomic E-state index is 0.0409. The summed E-state index contributed by atoms with van der Waals surface area (Å²) in [5.74, 6) is -0.253. The van der Waals surface area contributed by atoms with Crippen molar-refractivity contribution in [2.75, 3.05) is 13.1 Å². The third-order valence-corrected chi connectivity index (χ3v) is 3.21. The highest BCUT2D eigenvalue weighted by Crippen LogP contribution is 2.31. The van der Waals surface area contributed by atoms with Gasteiger partial charge < -0.3 is 10.6 Å². The van der Waals surface area contributed by atoms with Crippen LogP contribution in [0.5, 0.6) is 0 Å². The fraction of sp³-hybridized carbons (Fsp3) is 0.750. The molecule has 2 N–H and O–H groups in total. The van der Waals surface area contributed by atoms with E-state index in [2.05, 4.69) is 10.6 Å². The van der Waals surface area contributed by atoms with Gasteiger partial charge in [0.05, 0.1) is 12.5 Å². The first kappa shape index (κ1) is 13.0. The Morgan fingerprint density at radius 1 is 1.39 bits per heavy atom. The van der Waals surface area contributed by atoms with Crippen LogP contribution in [0.15, 0.2) is 0 Å². The third kappa shape index (κ3) is 2.87. The molecule has 18 heavy (non-hydrogen) atoms. The minimum Gasteiger partial charge on any atom is -0.356 e. The summed E-state index contributed by atoms with van der Waals surface area (Å²) < 4.78 is 0. The molecule has 0 spiro atoms. The Morgan fingerprint density at radius 3 is 2.72 bits per heavy atom. The van der Waals surface area contributed by atoms with Crippen LogP contribution in [0.3, 0.4) is 0 Å². The molecule has 6 heteroatoms. The molecule has 1 aliphatic heterocycles. The van der Waals surface area contributed by atoms with Crippen LogP contribution in [0, 0.1) is 0 Å². The summed E-state index contributed by atoms with van der Waals surface area (Å²) in [5.41, 5.74) is 0. The summed E-state index contributed by atoms with van der Waals surface area (Å²) in [7, 11) is 0. The SMILES string of the molecule is CCNC(=O)CCNC1CC(=O)N(C2CC2)C1=O. The average molecular weight is 253 g/mol. The zero-order valence-corrected chi connectivity index (χ0v) is 10.6. The van der Waals surface area contributed by atoms with Crippen LogP contribution in [0.2, 0.25) is 0 Å². The first-order valence-corrected chi connectivity index (χ1v) is 6.49. The number of nitrogens with zero attached hydrogens (tertiary/aromatic N) is 1. The van der Waals surface area contributed by atoms with Crippen LogP contribution in [0.25, 0.3) is 0 Å². The summed E-state index contributed by atoms with van der Waals surface area (Å²) in [4.78, 5) is 36.2. The van der Waals surface area contributed by atoms with Crippen molar-refractivity contribution < 1.29 is 14.4 Å². The van der Waals surface area contributed by atoms with Gasteiger partial charge in [-0.15, -0.1) is 0 Å². The first-order chi connectivity index (χ1) is 8.63. The lowest BCUT2D eigenvalue weighted by Gasteiger charge is -2.14. The van der Waals surface area contributed by atoms with Gasteiger partial charge in [0.2, 0.25) is 17.7 Å². The highest BCUT2D eigenvalue weighted by atomic mass is 16.2. The van der Waals surface area contributed by atoms with Crippen molar-refractivity contribution >= 4 is 17.7 Å². The Kier molecular flexibility index (Phi) is 3.96. The fourth-order valence-electron chi connectivity index (χ4n) is 2.17. The molecule has 3 amide bonds. The molecule has 1 atom stereocenters. The quantitative estimate of drug-likeness (QED) is 0.619. The molecule has 0 bridgehead atoms. The zero-order valence-electron chi connectivity index (χ0n) is 10.6. The lowest BCUT2D eigenvalue weighted by atomic mass is 10.2. The van der Waals surface area contributed by atoms with Crippen molar-refractivity contribution in [3.05, 3.63) is 0 Å². The van der Waals surface area contributed by atoms with E-state index >= 15 is 0 Å². The molecule has 2 rings (SSSR count). The van der Waals surface area contributed by atoms with Crippen molar-refractivity contribution in [1.29, 1.82) is 0 Å². The largest absolute Gasteiger partial charge is 0.356 e. The summed E-state index contributed by atoms with van der Waals surface area (Å²) in [6, 6.07) is -0.298. The molecule has 1 aliphatic carbocycles. The summed E-state index contributed by atoms with van der Waals surface area (Å²) >= 11 is 0. The number of hydrogen-bond acceptors (Lipinski definition) is 4. The lowest BCUT2D eigenvalue weighted by molar-refractivity contribution is -0.139. The molecule has 0 aromatic heterocycles. The number of imide groups is 1. The smallest absolute Gasteiger partial charge is 0.247 e. The summed E-state index contributed by atoms with van der Waals surface area (Å²) in [5, 5.41) is 5.68. The maximum Gasteiger partial charge on any atom is 0.247 e. The van der Waals surface area contributed by atoms with E-state index in [-0.39, 0.29) is 30.2 Å². The van der Waals surface area contributed by atoms with Crippen molar-refractivity contribution in [3.63, 3.8) is 0 Å². The van der Waals surface area contributed by atoms with Gasteiger partial charge in [0.1, 0.15) is 0 Å². The van der Waals surface area contributed by atoms with Gasteiger partial charge >= 0.3 is 0 Å². The van der Waals surface area contributed by atoms with Crippen molar-refractivity contribution in [2.45, 2.75) is 44.7 Å². The molecular formula is C12H19N3O3. The highest BCUT2D eigenvalue weighted by Gasteiger charge is 2.45. The molecule has 0 aromatic rings. The molecule has 2 aliphatic rings. The van der Waals surface area contributed by atoms with Gasteiger partial charge in [-0.3, -0.25) is 19.3 Å². The second kappa shape index (κ2) is 5.48. The fourth-order valence-corrected chi connectivity index (χ4v) is 2.17. The number of rotatable bonds is 6. The van der Waals surface area contributed by atoms with E-state index in [4.69, 9.17) is 0 Å². The highest BCUT2D eigenvalue weighted by molar-refractivity contribution is 6.06. The van der Waals surface area contributed by atoms with Gasteiger partial charge in [0, 0.05) is 25.6 Å². The van der Waals surface area contributed by atoms with Crippen LogP contribution in [0.4, 0.5) is 0 Å². The number of hydrogen-bond donors (Lipinski definition) is 2. The van der Waals surface area contributed by atoms with Crippen molar-refractivity contribution in [1.82, 2.24) is 15.5 Å². The Hall–Kier alpha value is -1.43. The zero-order chi connectivity index (χ0) is 13.1. The monoisotopic (exact) mass is 253 g/mol. The molecule has 0 radical (unpaired) electrons. The number of amides is 3. The number of carbonyl (C=O) groups excluding carboxylic acids is 3. The molecule has 100 valence electrons. The summed E-state index contributed by atoms with van der Waals surface area (Å²) in [6.45, 7) is 2.89. The standard InChI is InChI=1S/C12H19N3O3/c1-2-13-10(16)5-6-14-9-7-11(17)15(12(9)18)8-3-4-8/h8-9,14H,2-7H2,1H3,(H,13,16). The first-order valence-electron chi connectivity index (χ1n) is 6.49. The van der Waals surface area contributed by atoms with Gasteiger partial charge in [0.25, 0.3) is 0 Å². The Morgan fingerprint density at radius 2 is 2.11 bits per heavy atom. The topological polar surface area (TPSA) is 78.5 Å². The van der Waals surface area contributed by atoms with E-state index in [1.165, 1.54) is 4.90 Å². The summed E-state index contributed by atoms with van der Waals surface area (Å²) in [6.07, 6.45) is 2.42. The Balaban J connectivity index is 1.75. The number of likely N-dealkylation sites (tertiary alicyclic amines) is 1. The Bertz CT molecular complexity index is 366. The van der Waals surface area contributed by atoms with E-state index in [1.54, 1.807) is 0 Å². The molecule has 1 unspecified atom stereocenters. The van der Waals surface area contributed by atoms with Gasteiger partial charge in [-0.25, -0.2) is 0 Å². The molecule has 1 heterocycles. The molecule has 2 fully saturated rings. The van der Waals surface area contributed by atoms with Crippen LogP contribution in [0.1, 0.15) is 32.6 Å². The molecule has 0 aromatic carbocycles. The van der Waals surface area contributed by atoms with E-state index in [9.17, 15) is 14.4 Å². The second-order valence-corrected chi connectivity index (χ2v) is 4.75. The van der Waals surface area contributed by atoms with Gasteiger partial charge in [-0.1, -0.05) is 0 Å². The van der Waals surface area contributed by atoms with Gasteiger partial charge in [-0.2, -0.15) is 0 Å². The Labute approximate surface area is 106 Å². The molecule has 1 saturated carbocycles. The predicted octanol–water partition coefficient (Wildman–Crippen LogP) is -0.608. The van der Waals surface area contributed by atoms with Crippen LogP contribution >= 0.6 is 0 Å². The van der Waals surface area contributed by atoms with Gasteiger partial charge in [-0.05, 0) is 19.8 Å². The van der Waals surface area contributed by atoms with Crippen LogP contribution in [-0.2, 0) is 14.4 Å². The third-order valence-electron chi connectivity index (χ3n) is 3.21. The minimum atomic E-state index is -0.437. The molecule has 1 saturated heterocycles. The van der Waals surface area contributed by atoms with Crippen molar-refractivity contribution in [3.8, 4) is 0 Å². The van der Waals surface area contributed by atoms with E-state index in [0.717, 1.165) is 12.8 Å². The van der Waals surface area contributed by atoms with Crippen molar-refractivity contribution in [2.24, 2.45) is 0 Å².